The minimum atomic E-state index is 0.0663. The number of carbonyl (C=O) groups excluding carboxylic acids is 1. The van der Waals surface area contributed by atoms with Gasteiger partial charge >= 0.3 is 0 Å². The molecule has 4 N–H and O–H groups in total. The van der Waals surface area contributed by atoms with Crippen molar-refractivity contribution in [2.75, 3.05) is 5.32 Å². The van der Waals surface area contributed by atoms with E-state index in [1.54, 1.807) is 6.20 Å². The number of nitrogens with two attached hydrogens (primary N) is 1. The van der Waals surface area contributed by atoms with E-state index in [9.17, 15) is 4.79 Å². The summed E-state index contributed by atoms with van der Waals surface area (Å²) < 4.78 is 0. The zero-order valence-electron chi connectivity index (χ0n) is 17.5. The molecule has 1 amide bonds. The Morgan fingerprint density at radius 1 is 1.10 bits per heavy atom. The van der Waals surface area contributed by atoms with Gasteiger partial charge in [0.25, 0.3) is 0 Å². The molecule has 0 bridgehead atoms. The predicted molar refractivity (Wildman–Crippen MR) is 121 cm³/mol. The van der Waals surface area contributed by atoms with Crippen molar-refractivity contribution in [3.05, 3.63) is 48.2 Å². The van der Waals surface area contributed by atoms with Crippen LogP contribution in [0.4, 0.5) is 5.69 Å². The Bertz CT molecular complexity index is 1040. The molecular formula is C25H30N4O. The highest BCUT2D eigenvalue weighted by Crippen LogP contribution is 2.40. The molecule has 156 valence electrons. The van der Waals surface area contributed by atoms with E-state index >= 15 is 0 Å². The van der Waals surface area contributed by atoms with Crippen LogP contribution in [0.1, 0.15) is 56.9 Å². The number of hydrogen-bond acceptors (Lipinski definition) is 3. The number of nitrogens with zero attached hydrogens (tertiary/aromatic N) is 1. The second-order valence-electron chi connectivity index (χ2n) is 9.16. The first-order valence-electron chi connectivity index (χ1n) is 11.2. The maximum atomic E-state index is 12.9. The molecule has 0 aliphatic heterocycles. The first-order chi connectivity index (χ1) is 14.6. The van der Waals surface area contributed by atoms with Crippen LogP contribution in [-0.2, 0) is 4.79 Å². The molecule has 0 saturated heterocycles. The molecule has 5 nitrogen and oxygen atoms in total. The molecule has 3 aromatic rings. The van der Waals surface area contributed by atoms with Crippen LogP contribution in [0.5, 0.6) is 0 Å². The first-order valence-corrected chi connectivity index (χ1v) is 11.2. The summed E-state index contributed by atoms with van der Waals surface area (Å²) in [5.74, 6) is 1.48. The molecule has 1 atom stereocenters. The van der Waals surface area contributed by atoms with Crippen molar-refractivity contribution in [3.8, 4) is 11.3 Å². The SMILES string of the molecule is CC(N)[C@H]1CC[C@H](C(=O)Nc2ccnc3[nH]c(-c4ccc(C5CC5)cc4)cc23)CC1. The average molecular weight is 403 g/mol. The second kappa shape index (κ2) is 7.88. The van der Waals surface area contributed by atoms with Crippen LogP contribution in [0.25, 0.3) is 22.3 Å². The molecule has 30 heavy (non-hydrogen) atoms. The van der Waals surface area contributed by atoms with Crippen LogP contribution >= 0.6 is 0 Å². The number of anilines is 1. The molecule has 2 aliphatic carbocycles. The number of fused-ring (bicyclic) bond motifs is 1. The van der Waals surface area contributed by atoms with Crippen LogP contribution in [0.2, 0.25) is 0 Å². The van der Waals surface area contributed by atoms with E-state index in [1.807, 2.05) is 6.07 Å². The fraction of sp³-hybridized carbons (Fsp3) is 0.440. The maximum absolute atomic E-state index is 12.9. The van der Waals surface area contributed by atoms with Crippen molar-refractivity contribution in [2.24, 2.45) is 17.6 Å². The number of rotatable bonds is 5. The lowest BCUT2D eigenvalue weighted by Gasteiger charge is -2.30. The number of aromatic nitrogens is 2. The Kier molecular flexibility index (Phi) is 5.07. The van der Waals surface area contributed by atoms with Crippen molar-refractivity contribution in [1.29, 1.82) is 0 Å². The second-order valence-corrected chi connectivity index (χ2v) is 9.16. The fourth-order valence-electron chi connectivity index (χ4n) is 4.78. The average Bonchev–Trinajstić information content (AvgIpc) is 3.52. The molecule has 2 fully saturated rings. The van der Waals surface area contributed by atoms with Crippen molar-refractivity contribution in [1.82, 2.24) is 9.97 Å². The number of nitrogens with one attached hydrogen (secondary N) is 2. The van der Waals surface area contributed by atoms with Gasteiger partial charge in [-0.2, -0.15) is 0 Å². The van der Waals surface area contributed by atoms with Crippen LogP contribution < -0.4 is 11.1 Å². The Morgan fingerprint density at radius 3 is 2.50 bits per heavy atom. The van der Waals surface area contributed by atoms with Gasteiger partial charge in [0.2, 0.25) is 5.91 Å². The number of carbonyl (C=O) groups is 1. The molecule has 1 unspecified atom stereocenters. The van der Waals surface area contributed by atoms with Crippen LogP contribution in [-0.4, -0.2) is 21.9 Å². The maximum Gasteiger partial charge on any atom is 0.227 e. The van der Waals surface area contributed by atoms with E-state index in [-0.39, 0.29) is 17.9 Å². The number of hydrogen-bond donors (Lipinski definition) is 3. The first kappa shape index (κ1) is 19.3. The number of pyridine rings is 1. The van der Waals surface area contributed by atoms with Crippen molar-refractivity contribution in [3.63, 3.8) is 0 Å². The molecular weight excluding hydrogens is 372 g/mol. The zero-order chi connectivity index (χ0) is 20.7. The lowest BCUT2D eigenvalue weighted by molar-refractivity contribution is -0.121. The molecule has 5 rings (SSSR count). The van der Waals surface area contributed by atoms with Gasteiger partial charge in [-0.25, -0.2) is 4.98 Å². The quantitative estimate of drug-likeness (QED) is 0.548. The van der Waals surface area contributed by atoms with Crippen molar-refractivity contribution in [2.45, 2.75) is 57.4 Å². The monoisotopic (exact) mass is 402 g/mol. The normalized spacial score (nSPS) is 22.7. The van der Waals surface area contributed by atoms with Gasteiger partial charge in [-0.1, -0.05) is 24.3 Å². The van der Waals surface area contributed by atoms with E-state index in [1.165, 1.54) is 18.4 Å². The number of amides is 1. The third-order valence-corrected chi connectivity index (χ3v) is 6.95. The lowest BCUT2D eigenvalue weighted by atomic mass is 9.79. The van der Waals surface area contributed by atoms with Gasteiger partial charge in [0.05, 0.1) is 5.69 Å². The summed E-state index contributed by atoms with van der Waals surface area (Å²) in [6, 6.07) is 13.0. The third-order valence-electron chi connectivity index (χ3n) is 6.95. The van der Waals surface area contributed by atoms with Crippen LogP contribution in [0.15, 0.2) is 42.6 Å². The Labute approximate surface area is 177 Å². The van der Waals surface area contributed by atoms with E-state index in [2.05, 4.69) is 52.5 Å². The molecule has 5 heteroatoms. The summed E-state index contributed by atoms with van der Waals surface area (Å²) in [5.41, 5.74) is 11.3. The molecule has 0 radical (unpaired) electrons. The van der Waals surface area contributed by atoms with E-state index in [0.717, 1.165) is 59.6 Å². The highest BCUT2D eigenvalue weighted by atomic mass is 16.1. The topological polar surface area (TPSA) is 83.8 Å². The molecule has 0 spiro atoms. The number of H-pyrrole nitrogens is 1. The molecule has 1 aromatic carbocycles. The predicted octanol–water partition coefficient (Wildman–Crippen LogP) is 5.20. The Hall–Kier alpha value is -2.66. The van der Waals surface area contributed by atoms with Gasteiger partial charge in [0.1, 0.15) is 5.65 Å². The third kappa shape index (κ3) is 3.86. The summed E-state index contributed by atoms with van der Waals surface area (Å²) in [6.07, 6.45) is 8.27. The van der Waals surface area contributed by atoms with E-state index in [0.29, 0.717) is 5.92 Å². The van der Waals surface area contributed by atoms with Crippen LogP contribution in [0, 0.1) is 11.8 Å². The van der Waals surface area contributed by atoms with Gasteiger partial charge in [0.15, 0.2) is 0 Å². The minimum Gasteiger partial charge on any atom is -0.339 e. The van der Waals surface area contributed by atoms with Gasteiger partial charge in [-0.3, -0.25) is 4.79 Å². The largest absolute Gasteiger partial charge is 0.339 e. The standard InChI is InChI=1S/C25H30N4O/c1-15(26)16-2-10-20(11-3-16)25(30)29-22-12-13-27-24-21(22)14-23(28-24)19-8-6-18(7-9-19)17-4-5-17/h6-9,12-17,20H,2-5,10-11,26H2,1H3,(H2,27,28,29,30)/t15?,16-,20-. The number of benzene rings is 1. The number of aromatic amines is 1. The van der Waals surface area contributed by atoms with Gasteiger partial charge in [-0.05, 0) is 80.5 Å². The summed E-state index contributed by atoms with van der Waals surface area (Å²) in [4.78, 5) is 20.8. The zero-order valence-corrected chi connectivity index (χ0v) is 17.5. The molecule has 2 aliphatic rings. The van der Waals surface area contributed by atoms with Crippen molar-refractivity contribution >= 4 is 22.6 Å². The fourth-order valence-corrected chi connectivity index (χ4v) is 4.78. The smallest absolute Gasteiger partial charge is 0.227 e. The highest BCUT2D eigenvalue weighted by Gasteiger charge is 2.28. The summed E-state index contributed by atoms with van der Waals surface area (Å²) in [5, 5.41) is 4.12. The molecule has 2 saturated carbocycles. The van der Waals surface area contributed by atoms with Gasteiger partial charge < -0.3 is 16.0 Å². The lowest BCUT2D eigenvalue weighted by Crippen LogP contribution is -2.33. The van der Waals surface area contributed by atoms with Crippen LogP contribution in [0.3, 0.4) is 0 Å². The van der Waals surface area contributed by atoms with Gasteiger partial charge in [0, 0.05) is 29.2 Å². The molecule has 2 heterocycles. The van der Waals surface area contributed by atoms with E-state index in [4.69, 9.17) is 5.73 Å². The minimum absolute atomic E-state index is 0.0663. The van der Waals surface area contributed by atoms with E-state index < -0.39 is 0 Å². The Morgan fingerprint density at radius 2 is 1.83 bits per heavy atom. The summed E-state index contributed by atoms with van der Waals surface area (Å²) in [6.45, 7) is 2.07. The summed E-state index contributed by atoms with van der Waals surface area (Å²) >= 11 is 0. The van der Waals surface area contributed by atoms with Crippen molar-refractivity contribution < 1.29 is 4.79 Å². The molecule has 2 aromatic heterocycles. The summed E-state index contributed by atoms with van der Waals surface area (Å²) in [7, 11) is 0. The Balaban J connectivity index is 1.33. The van der Waals surface area contributed by atoms with Gasteiger partial charge in [-0.15, -0.1) is 0 Å². The highest BCUT2D eigenvalue weighted by molar-refractivity contribution is 6.02.